The van der Waals surface area contributed by atoms with E-state index in [1.165, 1.54) is 0 Å². The molecule has 0 atom stereocenters. The van der Waals surface area contributed by atoms with E-state index in [2.05, 4.69) is 0 Å². The monoisotopic (exact) mass is 364 g/mol. The highest BCUT2D eigenvalue weighted by atomic mass is 35.5. The van der Waals surface area contributed by atoms with Gasteiger partial charge in [0.1, 0.15) is 31.3 Å². The number of hydrogen-bond acceptors (Lipinski definition) is 6. The van der Waals surface area contributed by atoms with E-state index in [1.54, 1.807) is 43.5 Å². The van der Waals surface area contributed by atoms with Crippen LogP contribution in [0.3, 0.4) is 0 Å². The molecule has 0 saturated carbocycles. The van der Waals surface area contributed by atoms with Gasteiger partial charge in [0, 0.05) is 0 Å². The Morgan fingerprint density at radius 1 is 1.12 bits per heavy atom. The number of methoxy groups -OCH3 is 1. The molecule has 0 aliphatic carbocycles. The van der Waals surface area contributed by atoms with E-state index in [-0.39, 0.29) is 13.2 Å². The van der Waals surface area contributed by atoms with Crippen molar-refractivity contribution < 1.29 is 28.5 Å². The lowest BCUT2D eigenvalue weighted by Gasteiger charge is -2.20. The molecule has 6 nitrogen and oxygen atoms in total. The Morgan fingerprint density at radius 2 is 1.84 bits per heavy atom. The van der Waals surface area contributed by atoms with E-state index >= 15 is 0 Å². The zero-order chi connectivity index (χ0) is 17.6. The molecule has 0 unspecified atom stereocenters. The van der Waals surface area contributed by atoms with Crippen LogP contribution in [0.2, 0.25) is 5.02 Å². The highest BCUT2D eigenvalue weighted by molar-refractivity contribution is 6.32. The van der Waals surface area contributed by atoms with Crippen molar-refractivity contribution in [2.45, 2.75) is 6.61 Å². The van der Waals surface area contributed by atoms with Crippen LogP contribution in [0.25, 0.3) is 0 Å². The summed E-state index contributed by atoms with van der Waals surface area (Å²) in [6.45, 7) is 0.803. The summed E-state index contributed by atoms with van der Waals surface area (Å²) < 4.78 is 26.6. The van der Waals surface area contributed by atoms with Crippen LogP contribution in [0.5, 0.6) is 23.0 Å². The van der Waals surface area contributed by atoms with Gasteiger partial charge in [-0.3, -0.25) is 0 Å². The highest BCUT2D eigenvalue weighted by Gasteiger charge is 2.17. The number of ether oxygens (including phenoxy) is 5. The molecule has 0 amide bonds. The lowest BCUT2D eigenvalue weighted by Crippen LogP contribution is -2.17. The van der Waals surface area contributed by atoms with Crippen LogP contribution in [0.1, 0.15) is 5.56 Å². The van der Waals surface area contributed by atoms with E-state index in [1.807, 2.05) is 0 Å². The predicted octanol–water partition coefficient (Wildman–Crippen LogP) is 3.24. The van der Waals surface area contributed by atoms with E-state index < -0.39 is 5.97 Å². The third kappa shape index (κ3) is 4.48. The molecule has 0 radical (unpaired) electrons. The largest absolute Gasteiger partial charge is 0.497 e. The SMILES string of the molecule is COc1ccc(OCC(=O)OCc2cc(Cl)c3c(c2)OCCO3)cc1. The minimum absolute atomic E-state index is 0.0706. The van der Waals surface area contributed by atoms with Crippen LogP contribution in [-0.2, 0) is 16.1 Å². The van der Waals surface area contributed by atoms with Gasteiger partial charge in [-0.25, -0.2) is 4.79 Å². The maximum Gasteiger partial charge on any atom is 0.344 e. The molecule has 0 aromatic heterocycles. The van der Waals surface area contributed by atoms with Crippen molar-refractivity contribution >= 4 is 17.6 Å². The second kappa shape index (κ2) is 7.98. The molecule has 0 N–H and O–H groups in total. The summed E-state index contributed by atoms with van der Waals surface area (Å²) in [6.07, 6.45) is 0. The molecule has 0 fully saturated rings. The Kier molecular flexibility index (Phi) is 5.50. The highest BCUT2D eigenvalue weighted by Crippen LogP contribution is 2.38. The summed E-state index contributed by atoms with van der Waals surface area (Å²) in [7, 11) is 1.58. The normalized spacial score (nSPS) is 12.4. The van der Waals surface area contributed by atoms with E-state index in [4.69, 9.17) is 35.3 Å². The second-order valence-corrected chi connectivity index (χ2v) is 5.63. The lowest BCUT2D eigenvalue weighted by atomic mass is 10.2. The first-order valence-electron chi connectivity index (χ1n) is 7.66. The first-order chi connectivity index (χ1) is 12.2. The lowest BCUT2D eigenvalue weighted by molar-refractivity contribution is -0.147. The molecule has 0 spiro atoms. The first-order valence-corrected chi connectivity index (χ1v) is 8.04. The molecule has 25 heavy (non-hydrogen) atoms. The maximum absolute atomic E-state index is 11.8. The summed E-state index contributed by atoms with van der Waals surface area (Å²) in [5.74, 6) is 1.86. The number of halogens is 1. The van der Waals surface area contributed by atoms with Gasteiger partial charge >= 0.3 is 5.97 Å². The summed E-state index contributed by atoms with van der Waals surface area (Å²) in [6, 6.07) is 10.4. The van der Waals surface area contributed by atoms with Gasteiger partial charge in [-0.05, 0) is 42.0 Å². The van der Waals surface area contributed by atoms with Crippen LogP contribution >= 0.6 is 11.6 Å². The Bertz CT molecular complexity index is 744. The van der Waals surface area contributed by atoms with Crippen molar-refractivity contribution in [1.82, 2.24) is 0 Å². The molecule has 7 heteroatoms. The average Bonchev–Trinajstić information content (AvgIpc) is 2.65. The van der Waals surface area contributed by atoms with Crippen molar-refractivity contribution in [3.8, 4) is 23.0 Å². The number of rotatable bonds is 6. The van der Waals surface area contributed by atoms with Gasteiger partial charge in [0.25, 0.3) is 0 Å². The fourth-order valence-corrected chi connectivity index (χ4v) is 2.56. The van der Waals surface area contributed by atoms with Gasteiger partial charge in [-0.1, -0.05) is 11.6 Å². The van der Waals surface area contributed by atoms with Crippen LogP contribution < -0.4 is 18.9 Å². The molecule has 132 valence electrons. The van der Waals surface area contributed by atoms with Crippen molar-refractivity contribution in [3.05, 3.63) is 47.0 Å². The summed E-state index contributed by atoms with van der Waals surface area (Å²) in [5, 5.41) is 0.428. The van der Waals surface area contributed by atoms with Crippen molar-refractivity contribution in [3.63, 3.8) is 0 Å². The number of fused-ring (bicyclic) bond motifs is 1. The van der Waals surface area contributed by atoms with Crippen LogP contribution in [0.4, 0.5) is 0 Å². The number of carbonyl (C=O) groups is 1. The van der Waals surface area contributed by atoms with Crippen molar-refractivity contribution in [2.24, 2.45) is 0 Å². The Labute approximate surface area is 150 Å². The number of carbonyl (C=O) groups excluding carboxylic acids is 1. The van der Waals surface area contributed by atoms with Gasteiger partial charge < -0.3 is 23.7 Å². The van der Waals surface area contributed by atoms with Crippen molar-refractivity contribution in [1.29, 1.82) is 0 Å². The fourth-order valence-electron chi connectivity index (χ4n) is 2.27. The minimum atomic E-state index is -0.484. The van der Waals surface area contributed by atoms with Gasteiger partial charge in [-0.15, -0.1) is 0 Å². The van der Waals surface area contributed by atoms with E-state index in [0.717, 1.165) is 0 Å². The molecule has 2 aromatic rings. The van der Waals surface area contributed by atoms with Gasteiger partial charge in [-0.2, -0.15) is 0 Å². The first kappa shape index (κ1) is 17.2. The standard InChI is InChI=1S/C18H17ClO6/c1-21-13-2-4-14(5-3-13)24-11-17(20)25-10-12-8-15(19)18-16(9-12)22-6-7-23-18/h2-5,8-9H,6-7,10-11H2,1H3. The molecule has 0 bridgehead atoms. The van der Waals surface area contributed by atoms with Crippen molar-refractivity contribution in [2.75, 3.05) is 26.9 Å². The van der Waals surface area contributed by atoms with Crippen LogP contribution in [0, 0.1) is 0 Å². The third-order valence-corrected chi connectivity index (χ3v) is 3.75. The van der Waals surface area contributed by atoms with Gasteiger partial charge in [0.2, 0.25) is 0 Å². The van der Waals surface area contributed by atoms with Gasteiger partial charge in [0.15, 0.2) is 18.1 Å². The predicted molar refractivity (Wildman–Crippen MR) is 90.7 cm³/mol. The molecule has 1 aliphatic heterocycles. The zero-order valence-corrected chi connectivity index (χ0v) is 14.4. The summed E-state index contributed by atoms with van der Waals surface area (Å²) in [4.78, 5) is 11.8. The van der Waals surface area contributed by atoms with E-state index in [0.29, 0.717) is 46.8 Å². The van der Waals surface area contributed by atoms with E-state index in [9.17, 15) is 4.79 Å². The Balaban J connectivity index is 1.51. The quantitative estimate of drug-likeness (QED) is 0.733. The number of hydrogen-bond donors (Lipinski definition) is 0. The molecule has 3 rings (SSSR count). The molecule has 2 aromatic carbocycles. The Morgan fingerprint density at radius 3 is 2.60 bits per heavy atom. The number of esters is 1. The summed E-state index contributed by atoms with van der Waals surface area (Å²) >= 11 is 6.15. The third-order valence-electron chi connectivity index (χ3n) is 3.47. The summed E-state index contributed by atoms with van der Waals surface area (Å²) in [5.41, 5.74) is 0.715. The maximum atomic E-state index is 11.8. The Hall–Kier alpha value is -2.60. The molecule has 1 heterocycles. The smallest absolute Gasteiger partial charge is 0.344 e. The zero-order valence-electron chi connectivity index (χ0n) is 13.6. The molecular weight excluding hydrogens is 348 g/mol. The van der Waals surface area contributed by atoms with Crippen LogP contribution in [-0.4, -0.2) is 32.9 Å². The average molecular weight is 365 g/mol. The van der Waals surface area contributed by atoms with Gasteiger partial charge in [0.05, 0.1) is 12.1 Å². The topological polar surface area (TPSA) is 63.2 Å². The minimum Gasteiger partial charge on any atom is -0.497 e. The molecule has 0 saturated heterocycles. The number of benzene rings is 2. The second-order valence-electron chi connectivity index (χ2n) is 5.23. The van der Waals surface area contributed by atoms with Crippen LogP contribution in [0.15, 0.2) is 36.4 Å². The molecule has 1 aliphatic rings. The molecular formula is C18H17ClO6. The fraction of sp³-hybridized carbons (Fsp3) is 0.278.